The number of rotatable bonds is 6. The highest BCUT2D eigenvalue weighted by molar-refractivity contribution is 7.89. The van der Waals surface area contributed by atoms with Crippen LogP contribution in [0, 0.1) is 13.8 Å². The lowest BCUT2D eigenvalue weighted by molar-refractivity contribution is 0.553. The van der Waals surface area contributed by atoms with Crippen molar-refractivity contribution in [2.24, 2.45) is 0 Å². The fraction of sp³-hybridized carbons (Fsp3) is 0.727. The van der Waals surface area contributed by atoms with Gasteiger partial charge in [0, 0.05) is 19.1 Å². The molecule has 0 aromatic carbocycles. The zero-order valence-corrected chi connectivity index (χ0v) is 13.7. The van der Waals surface area contributed by atoms with Gasteiger partial charge in [-0.05, 0) is 34.7 Å². The van der Waals surface area contributed by atoms with Gasteiger partial charge in [0.2, 0.25) is 10.0 Å². The Morgan fingerprint density at radius 2 is 1.95 bits per heavy atom. The average Bonchev–Trinajstić information content (AvgIpc) is 2.61. The van der Waals surface area contributed by atoms with E-state index in [2.05, 4.69) is 15.1 Å². The molecule has 8 heteroatoms. The van der Waals surface area contributed by atoms with Gasteiger partial charge in [-0.2, -0.15) is 5.10 Å². The Hall–Kier alpha value is -0.630. The second-order valence-electron chi connectivity index (χ2n) is 4.36. The summed E-state index contributed by atoms with van der Waals surface area (Å²) >= 11 is 0. The Morgan fingerprint density at radius 3 is 2.37 bits per heavy atom. The molecule has 0 saturated carbocycles. The molecule has 0 aliphatic carbocycles. The van der Waals surface area contributed by atoms with E-state index in [1.54, 1.807) is 25.6 Å². The largest absolute Gasteiger partial charge is 0.316 e. The Balaban J connectivity index is 0.00000324. The lowest BCUT2D eigenvalue weighted by Gasteiger charge is -2.12. The third-order valence-corrected chi connectivity index (χ3v) is 4.63. The summed E-state index contributed by atoms with van der Waals surface area (Å²) in [6.45, 7) is 8.36. The molecule has 1 atom stereocenters. The van der Waals surface area contributed by atoms with Crippen molar-refractivity contribution in [1.29, 1.82) is 0 Å². The smallest absolute Gasteiger partial charge is 0.244 e. The Kier molecular flexibility index (Phi) is 6.99. The molecule has 1 aromatic heterocycles. The zero-order chi connectivity index (χ0) is 13.9. The van der Waals surface area contributed by atoms with Crippen LogP contribution < -0.4 is 10.0 Å². The van der Waals surface area contributed by atoms with Crippen molar-refractivity contribution >= 4 is 22.4 Å². The number of aromatic nitrogens is 2. The van der Waals surface area contributed by atoms with Crippen LogP contribution in [0.15, 0.2) is 4.90 Å². The van der Waals surface area contributed by atoms with E-state index in [0.29, 0.717) is 29.4 Å². The maximum atomic E-state index is 12.2. The summed E-state index contributed by atoms with van der Waals surface area (Å²) in [6, 6.07) is 0.0848. The molecular formula is C11H23ClN4O2S. The Morgan fingerprint density at radius 1 is 1.37 bits per heavy atom. The van der Waals surface area contributed by atoms with E-state index in [9.17, 15) is 8.42 Å². The molecule has 0 amide bonds. The lowest BCUT2D eigenvalue weighted by Crippen LogP contribution is -2.37. The van der Waals surface area contributed by atoms with Gasteiger partial charge in [0.25, 0.3) is 0 Å². The van der Waals surface area contributed by atoms with Gasteiger partial charge in [-0.3, -0.25) is 4.68 Å². The number of nitrogens with zero attached hydrogens (tertiary/aromatic N) is 2. The molecule has 112 valence electrons. The van der Waals surface area contributed by atoms with Gasteiger partial charge in [0.15, 0.2) is 0 Å². The lowest BCUT2D eigenvalue weighted by atomic mass is 10.4. The second kappa shape index (κ2) is 7.23. The molecule has 0 radical (unpaired) electrons. The molecule has 6 nitrogen and oxygen atoms in total. The fourth-order valence-electron chi connectivity index (χ4n) is 1.79. The molecule has 2 N–H and O–H groups in total. The average molecular weight is 311 g/mol. The highest BCUT2D eigenvalue weighted by Gasteiger charge is 2.24. The molecule has 1 rings (SSSR count). The van der Waals surface area contributed by atoms with Crippen LogP contribution in [-0.2, 0) is 16.6 Å². The van der Waals surface area contributed by atoms with Crippen LogP contribution in [0.1, 0.15) is 25.2 Å². The maximum Gasteiger partial charge on any atom is 0.244 e. The first-order chi connectivity index (χ1) is 8.33. The minimum Gasteiger partial charge on any atom is -0.316 e. The van der Waals surface area contributed by atoms with Crippen LogP contribution in [0.25, 0.3) is 0 Å². The highest BCUT2D eigenvalue weighted by atomic mass is 35.5. The van der Waals surface area contributed by atoms with Crippen LogP contribution in [0.3, 0.4) is 0 Å². The summed E-state index contributed by atoms with van der Waals surface area (Å²) < 4.78 is 28.8. The van der Waals surface area contributed by atoms with Crippen LogP contribution in [0.4, 0.5) is 0 Å². The van der Waals surface area contributed by atoms with Gasteiger partial charge in [-0.25, -0.2) is 13.1 Å². The molecule has 0 saturated heterocycles. The Labute approximate surface area is 121 Å². The predicted octanol–water partition coefficient (Wildman–Crippen LogP) is 0.828. The van der Waals surface area contributed by atoms with Crippen molar-refractivity contribution in [2.45, 2.75) is 45.2 Å². The number of aryl methyl sites for hydroxylation is 2. The van der Waals surface area contributed by atoms with Crippen LogP contribution in [-0.4, -0.2) is 37.8 Å². The van der Waals surface area contributed by atoms with E-state index < -0.39 is 10.0 Å². The number of hydrogen-bond donors (Lipinski definition) is 2. The van der Waals surface area contributed by atoms with Gasteiger partial charge < -0.3 is 5.32 Å². The van der Waals surface area contributed by atoms with Crippen molar-refractivity contribution in [3.8, 4) is 0 Å². The summed E-state index contributed by atoms with van der Waals surface area (Å²) in [5.41, 5.74) is 1.22. The first-order valence-corrected chi connectivity index (χ1v) is 7.52. The van der Waals surface area contributed by atoms with E-state index in [-0.39, 0.29) is 18.4 Å². The third kappa shape index (κ3) is 4.17. The van der Waals surface area contributed by atoms with Crippen molar-refractivity contribution < 1.29 is 8.42 Å². The van der Waals surface area contributed by atoms with E-state index in [4.69, 9.17) is 0 Å². The summed E-state index contributed by atoms with van der Waals surface area (Å²) in [4.78, 5) is 0.299. The topological polar surface area (TPSA) is 76.0 Å². The molecular weight excluding hydrogens is 288 g/mol. The number of likely N-dealkylation sites (N-methyl/N-ethyl adjacent to an activating group) is 1. The van der Waals surface area contributed by atoms with Crippen molar-refractivity contribution in [3.63, 3.8) is 0 Å². The predicted molar refractivity (Wildman–Crippen MR) is 78.3 cm³/mol. The highest BCUT2D eigenvalue weighted by Crippen LogP contribution is 2.18. The van der Waals surface area contributed by atoms with Gasteiger partial charge in [-0.15, -0.1) is 12.4 Å². The molecule has 0 spiro atoms. The molecule has 1 heterocycles. The van der Waals surface area contributed by atoms with E-state index in [0.717, 1.165) is 0 Å². The second-order valence-corrected chi connectivity index (χ2v) is 6.06. The number of hydrogen-bond acceptors (Lipinski definition) is 4. The van der Waals surface area contributed by atoms with Crippen molar-refractivity contribution in [2.75, 3.05) is 13.6 Å². The summed E-state index contributed by atoms with van der Waals surface area (Å²) in [5, 5.41) is 7.21. The molecule has 0 aliphatic rings. The van der Waals surface area contributed by atoms with E-state index in [1.165, 1.54) is 0 Å². The summed E-state index contributed by atoms with van der Waals surface area (Å²) in [5.74, 6) is 0. The quantitative estimate of drug-likeness (QED) is 0.816. The van der Waals surface area contributed by atoms with Gasteiger partial charge in [0.05, 0.1) is 11.4 Å². The molecule has 19 heavy (non-hydrogen) atoms. The minimum absolute atomic E-state index is 0. The van der Waals surface area contributed by atoms with Gasteiger partial charge in [0.1, 0.15) is 4.90 Å². The third-order valence-electron chi connectivity index (χ3n) is 2.96. The minimum atomic E-state index is -3.49. The van der Waals surface area contributed by atoms with E-state index >= 15 is 0 Å². The SMILES string of the molecule is CCn1nc(C)c(S(=O)(=O)NCC(C)NC)c1C.Cl. The standard InChI is InChI=1S/C11H22N4O2S.ClH/c1-6-15-10(4)11(9(3)14-15)18(16,17)13-7-8(2)12-5;/h8,12-13H,6-7H2,1-5H3;1H. The van der Waals surface area contributed by atoms with E-state index in [1.807, 2.05) is 13.8 Å². The van der Waals surface area contributed by atoms with Crippen LogP contribution in [0.2, 0.25) is 0 Å². The monoisotopic (exact) mass is 310 g/mol. The first kappa shape index (κ1) is 18.4. The van der Waals surface area contributed by atoms with Crippen LogP contribution >= 0.6 is 12.4 Å². The van der Waals surface area contributed by atoms with Gasteiger partial charge in [-0.1, -0.05) is 0 Å². The number of sulfonamides is 1. The molecule has 0 fully saturated rings. The maximum absolute atomic E-state index is 12.2. The molecule has 1 unspecified atom stereocenters. The number of halogens is 1. The van der Waals surface area contributed by atoms with Crippen molar-refractivity contribution in [3.05, 3.63) is 11.4 Å². The summed E-state index contributed by atoms with van der Waals surface area (Å²) in [7, 11) is -1.69. The van der Waals surface area contributed by atoms with Gasteiger partial charge >= 0.3 is 0 Å². The normalized spacial score (nSPS) is 13.1. The Bertz CT molecular complexity index is 513. The molecule has 0 aliphatic heterocycles. The first-order valence-electron chi connectivity index (χ1n) is 6.04. The van der Waals surface area contributed by atoms with Crippen molar-refractivity contribution in [1.82, 2.24) is 19.8 Å². The number of nitrogens with one attached hydrogen (secondary N) is 2. The summed E-state index contributed by atoms with van der Waals surface area (Å²) in [6.07, 6.45) is 0. The molecule has 0 bridgehead atoms. The zero-order valence-electron chi connectivity index (χ0n) is 12.0. The van der Waals surface area contributed by atoms with Crippen LogP contribution in [0.5, 0.6) is 0 Å². The molecule has 1 aromatic rings. The fourth-order valence-corrected chi connectivity index (χ4v) is 3.32.